The number of aliphatic carboxylic acids is 1. The predicted octanol–water partition coefficient (Wildman–Crippen LogP) is 3.24. The van der Waals surface area contributed by atoms with Crippen molar-refractivity contribution in [2.24, 2.45) is 0 Å². The molecule has 0 saturated heterocycles. The molecular weight excluding hydrogens is 420 g/mol. The van der Waals surface area contributed by atoms with Crippen LogP contribution in [0, 0.1) is 0 Å². The van der Waals surface area contributed by atoms with Crippen LogP contribution in [-0.4, -0.2) is 38.9 Å². The minimum Gasteiger partial charge on any atom is -0.506 e. The lowest BCUT2D eigenvalue weighted by Crippen LogP contribution is -2.33. The number of phenols is 1. The van der Waals surface area contributed by atoms with Crippen molar-refractivity contribution in [3.8, 4) is 5.75 Å². The maximum atomic E-state index is 11.6. The van der Waals surface area contributed by atoms with E-state index in [9.17, 15) is 15.0 Å². The molecule has 5 N–H and O–H groups in total. The number of carboxylic acid groups (broad SMARTS) is 1. The van der Waals surface area contributed by atoms with Crippen molar-refractivity contribution < 1.29 is 20.1 Å². The summed E-state index contributed by atoms with van der Waals surface area (Å²) in [5, 5.41) is 32.4. The normalized spacial score (nSPS) is 13.9. The van der Waals surface area contributed by atoms with E-state index in [1.165, 1.54) is 34.4 Å². The van der Waals surface area contributed by atoms with E-state index in [4.69, 9.17) is 9.90 Å². The smallest absolute Gasteiger partial charge is 0.300 e. The summed E-state index contributed by atoms with van der Waals surface area (Å²) in [6.07, 6.45) is 3.34. The minimum atomic E-state index is -0.833. The van der Waals surface area contributed by atoms with Crippen molar-refractivity contribution in [2.75, 3.05) is 6.54 Å². The van der Waals surface area contributed by atoms with Crippen molar-refractivity contribution in [1.82, 2.24) is 10.3 Å². The second-order valence-electron chi connectivity index (χ2n) is 8.43. The van der Waals surface area contributed by atoms with Crippen molar-refractivity contribution in [3.63, 3.8) is 0 Å². The Hall–Kier alpha value is -3.16. The van der Waals surface area contributed by atoms with Crippen molar-refractivity contribution in [3.05, 3.63) is 74.6 Å². The van der Waals surface area contributed by atoms with E-state index in [-0.39, 0.29) is 11.3 Å². The molecule has 4 rings (SSSR count). The molecule has 0 saturated carbocycles. The summed E-state index contributed by atoms with van der Waals surface area (Å²) in [6, 6.07) is 11.3. The molecular formula is C26H32N2O5. The fourth-order valence-electron chi connectivity index (χ4n) is 4.51. The topological polar surface area (TPSA) is 123 Å². The number of benzene rings is 2. The number of H-pyrrole nitrogens is 1. The molecule has 0 amide bonds. The first-order chi connectivity index (χ1) is 15.7. The third kappa shape index (κ3) is 5.80. The first-order valence-electron chi connectivity index (χ1n) is 11.3. The number of aliphatic hydroxyl groups excluding tert-OH is 1. The van der Waals surface area contributed by atoms with Crippen LogP contribution >= 0.6 is 0 Å². The number of hydrogen-bond acceptors (Lipinski definition) is 5. The number of aliphatic hydroxyl groups is 1. The Labute approximate surface area is 193 Å². The van der Waals surface area contributed by atoms with Gasteiger partial charge in [-0.25, -0.2) is 0 Å². The number of aryl methyl sites for hydroxylation is 2. The average Bonchev–Trinajstić information content (AvgIpc) is 3.18. The lowest BCUT2D eigenvalue weighted by atomic mass is 9.97. The number of pyridine rings is 1. The highest BCUT2D eigenvalue weighted by Gasteiger charge is 2.24. The Kier molecular flexibility index (Phi) is 7.89. The molecule has 33 heavy (non-hydrogen) atoms. The summed E-state index contributed by atoms with van der Waals surface area (Å²) >= 11 is 0. The summed E-state index contributed by atoms with van der Waals surface area (Å²) in [6.45, 7) is 5.91. The molecule has 2 aromatic carbocycles. The van der Waals surface area contributed by atoms with E-state index in [1.807, 2.05) is 0 Å². The average molecular weight is 453 g/mol. The predicted molar refractivity (Wildman–Crippen MR) is 129 cm³/mol. The number of aromatic amines is 1. The highest BCUT2D eigenvalue weighted by atomic mass is 16.4. The number of phenolic OH excluding ortho intramolecular Hbond substituents is 1. The molecule has 1 aliphatic rings. The van der Waals surface area contributed by atoms with Crippen molar-refractivity contribution in [2.45, 2.75) is 58.6 Å². The highest BCUT2D eigenvalue weighted by molar-refractivity contribution is 5.87. The number of nitrogens with one attached hydrogen (secondary N) is 2. The number of aromatic nitrogens is 1. The van der Waals surface area contributed by atoms with E-state index in [0.717, 1.165) is 32.6 Å². The molecule has 7 heteroatoms. The fourth-order valence-corrected chi connectivity index (χ4v) is 4.51. The molecule has 7 nitrogen and oxygen atoms in total. The van der Waals surface area contributed by atoms with Gasteiger partial charge in [0.25, 0.3) is 5.97 Å². The van der Waals surface area contributed by atoms with Crippen LogP contribution < -0.4 is 10.9 Å². The quantitative estimate of drug-likeness (QED) is 0.391. The molecule has 1 atom stereocenters. The van der Waals surface area contributed by atoms with Crippen LogP contribution in [0.4, 0.5) is 0 Å². The van der Waals surface area contributed by atoms with Gasteiger partial charge in [0.2, 0.25) is 5.56 Å². The first-order valence-corrected chi connectivity index (χ1v) is 11.3. The van der Waals surface area contributed by atoms with Crippen LogP contribution in [0.25, 0.3) is 10.9 Å². The van der Waals surface area contributed by atoms with Gasteiger partial charge in [-0.05, 0) is 65.6 Å². The van der Waals surface area contributed by atoms with Gasteiger partial charge in [-0.2, -0.15) is 0 Å². The lowest BCUT2D eigenvalue weighted by molar-refractivity contribution is -0.134. The van der Waals surface area contributed by atoms with Crippen LogP contribution in [-0.2, 0) is 30.5 Å². The first kappa shape index (κ1) is 24.5. The zero-order valence-corrected chi connectivity index (χ0v) is 19.3. The van der Waals surface area contributed by atoms with Crippen LogP contribution in [0.1, 0.15) is 54.7 Å². The largest absolute Gasteiger partial charge is 0.506 e. The van der Waals surface area contributed by atoms with Gasteiger partial charge in [-0.1, -0.05) is 32.0 Å². The summed E-state index contributed by atoms with van der Waals surface area (Å²) in [4.78, 5) is 23.2. The summed E-state index contributed by atoms with van der Waals surface area (Å²) in [7, 11) is 0. The molecule has 1 aliphatic carbocycles. The highest BCUT2D eigenvalue weighted by Crippen LogP contribution is 2.30. The summed E-state index contributed by atoms with van der Waals surface area (Å²) < 4.78 is 0. The van der Waals surface area contributed by atoms with Crippen LogP contribution in [0.3, 0.4) is 0 Å². The van der Waals surface area contributed by atoms with Crippen LogP contribution in [0.15, 0.2) is 41.2 Å². The van der Waals surface area contributed by atoms with E-state index in [1.54, 1.807) is 12.1 Å². The molecule has 0 bridgehead atoms. The van der Waals surface area contributed by atoms with Gasteiger partial charge in [-0.15, -0.1) is 0 Å². The van der Waals surface area contributed by atoms with Gasteiger partial charge in [0.15, 0.2) is 0 Å². The lowest BCUT2D eigenvalue weighted by Gasteiger charge is -2.18. The van der Waals surface area contributed by atoms with Crippen LogP contribution in [0.5, 0.6) is 5.75 Å². The zero-order valence-electron chi connectivity index (χ0n) is 19.3. The number of carbonyl (C=O) groups is 1. The monoisotopic (exact) mass is 452 g/mol. The van der Waals surface area contributed by atoms with E-state index >= 15 is 0 Å². The molecule has 1 aromatic heterocycles. The van der Waals surface area contributed by atoms with Gasteiger partial charge in [0.05, 0.1) is 11.6 Å². The van der Waals surface area contributed by atoms with E-state index in [0.29, 0.717) is 29.1 Å². The second-order valence-corrected chi connectivity index (χ2v) is 8.43. The van der Waals surface area contributed by atoms with Gasteiger partial charge in [0.1, 0.15) is 5.75 Å². The SMILES string of the molecule is CC(=O)O.CCc1cc2c(cc1CC)CC(NCC(O)c1ccc(O)c3[nH]c(=O)ccc13)C2. The maximum absolute atomic E-state index is 11.6. The zero-order chi connectivity index (χ0) is 24.1. The number of rotatable bonds is 6. The second kappa shape index (κ2) is 10.6. The summed E-state index contributed by atoms with van der Waals surface area (Å²) in [5.41, 5.74) is 6.49. The molecule has 0 radical (unpaired) electrons. The Morgan fingerprint density at radius 1 is 1.09 bits per heavy atom. The summed E-state index contributed by atoms with van der Waals surface area (Å²) in [5.74, 6) is -0.827. The van der Waals surface area contributed by atoms with Gasteiger partial charge >= 0.3 is 0 Å². The molecule has 1 unspecified atom stereocenters. The molecule has 176 valence electrons. The van der Waals surface area contributed by atoms with Crippen molar-refractivity contribution in [1.29, 1.82) is 0 Å². The molecule has 0 aliphatic heterocycles. The molecule has 1 heterocycles. The maximum Gasteiger partial charge on any atom is 0.300 e. The number of aromatic hydroxyl groups is 1. The standard InChI is InChI=1S/C24H28N2O3.C2H4O2/c1-3-14-9-16-11-18(12-17(16)10-15(14)4-2)25-13-22(28)19-5-7-21(27)24-20(19)6-8-23(29)26-24;1-2(3)4/h5-10,18,22,25,27-28H,3-4,11-13H2,1-2H3,(H,26,29);1H3,(H,3,4). The molecule has 0 spiro atoms. The molecule has 3 aromatic rings. The number of hydrogen-bond donors (Lipinski definition) is 5. The number of carboxylic acids is 1. The fraction of sp³-hybridized carbons (Fsp3) is 0.385. The minimum absolute atomic E-state index is 0.00584. The Bertz CT molecular complexity index is 1160. The van der Waals surface area contributed by atoms with E-state index in [2.05, 4.69) is 36.3 Å². The van der Waals surface area contributed by atoms with Gasteiger partial charge in [-0.3, -0.25) is 9.59 Å². The number of fused-ring (bicyclic) bond motifs is 2. The Morgan fingerprint density at radius 3 is 2.21 bits per heavy atom. The van der Waals surface area contributed by atoms with Crippen molar-refractivity contribution >= 4 is 16.9 Å². The molecule has 0 fully saturated rings. The Morgan fingerprint density at radius 2 is 1.67 bits per heavy atom. The van der Waals surface area contributed by atoms with Gasteiger partial charge in [0, 0.05) is 31.0 Å². The van der Waals surface area contributed by atoms with Gasteiger partial charge < -0.3 is 25.6 Å². The van der Waals surface area contributed by atoms with Crippen LogP contribution in [0.2, 0.25) is 0 Å². The van der Waals surface area contributed by atoms with E-state index < -0.39 is 12.1 Å². The Balaban J connectivity index is 0.000000709. The third-order valence-electron chi connectivity index (χ3n) is 6.08. The third-order valence-corrected chi connectivity index (χ3v) is 6.08.